The Hall–Kier alpha value is -2.67. The lowest BCUT2D eigenvalue weighted by Crippen LogP contribution is -2.61. The maximum absolute atomic E-state index is 13.6. The van der Waals surface area contributed by atoms with Crippen molar-refractivity contribution in [2.45, 2.75) is 84.8 Å². The Bertz CT molecular complexity index is 872. The Morgan fingerprint density at radius 3 is 2.06 bits per heavy atom. The topological polar surface area (TPSA) is 98.7 Å². The third-order valence-electron chi connectivity index (χ3n) is 6.40. The highest BCUT2D eigenvalue weighted by Gasteiger charge is 2.41. The highest BCUT2D eigenvalue weighted by atomic mass is 16.4. The Kier molecular flexibility index (Phi) is 10.5. The summed E-state index contributed by atoms with van der Waals surface area (Å²) in [4.78, 5) is 40.1. The summed E-state index contributed by atoms with van der Waals surface area (Å²) in [6.45, 7) is 13.2. The molecule has 0 heterocycles. The maximum Gasteiger partial charge on any atom is 0.331 e. The molecule has 3 N–H and O–H groups in total. The number of carbonyl (C=O) groups is 3. The van der Waals surface area contributed by atoms with Crippen LogP contribution in [0.5, 0.6) is 0 Å². The molecule has 34 heavy (non-hydrogen) atoms. The van der Waals surface area contributed by atoms with E-state index in [2.05, 4.69) is 10.6 Å². The average Bonchev–Trinajstić information content (AvgIpc) is 2.76. The first kappa shape index (κ1) is 29.4. The van der Waals surface area contributed by atoms with Crippen molar-refractivity contribution in [3.8, 4) is 0 Å². The van der Waals surface area contributed by atoms with Crippen molar-refractivity contribution in [3.63, 3.8) is 0 Å². The van der Waals surface area contributed by atoms with E-state index in [1.54, 1.807) is 25.1 Å². The fourth-order valence-corrected chi connectivity index (χ4v) is 4.14. The zero-order valence-corrected chi connectivity index (χ0v) is 22.2. The Labute approximate surface area is 205 Å². The molecule has 1 rings (SSSR count). The molecule has 0 aliphatic carbocycles. The molecular formula is C27H43N3O4. The third kappa shape index (κ3) is 7.42. The number of rotatable bonds is 11. The van der Waals surface area contributed by atoms with E-state index in [4.69, 9.17) is 0 Å². The quantitative estimate of drug-likeness (QED) is 0.425. The van der Waals surface area contributed by atoms with Gasteiger partial charge in [-0.25, -0.2) is 4.79 Å². The van der Waals surface area contributed by atoms with Crippen LogP contribution >= 0.6 is 0 Å². The Morgan fingerprint density at radius 2 is 1.62 bits per heavy atom. The molecule has 0 spiro atoms. The summed E-state index contributed by atoms with van der Waals surface area (Å²) < 4.78 is 0. The zero-order chi connectivity index (χ0) is 26.3. The van der Waals surface area contributed by atoms with E-state index < -0.39 is 28.9 Å². The molecule has 0 aliphatic rings. The van der Waals surface area contributed by atoms with E-state index in [1.165, 1.54) is 6.92 Å². The molecule has 0 fully saturated rings. The molecule has 1 aromatic carbocycles. The second-order valence-corrected chi connectivity index (χ2v) is 10.6. The summed E-state index contributed by atoms with van der Waals surface area (Å²) in [6.07, 6.45) is 3.02. The number of carbonyl (C=O) groups excluding carboxylic acids is 2. The number of nitrogens with one attached hydrogen (secondary N) is 2. The number of benzene rings is 1. The minimum absolute atomic E-state index is 0.189. The van der Waals surface area contributed by atoms with Crippen LogP contribution in [0.2, 0.25) is 0 Å². The average molecular weight is 474 g/mol. The second-order valence-electron chi connectivity index (χ2n) is 10.6. The number of nitrogens with zero attached hydrogens (tertiary/aromatic N) is 1. The van der Waals surface area contributed by atoms with E-state index in [0.717, 1.165) is 12.0 Å². The van der Waals surface area contributed by atoms with Gasteiger partial charge in [0.1, 0.15) is 6.04 Å². The van der Waals surface area contributed by atoms with E-state index in [0.29, 0.717) is 6.42 Å². The standard InChI is InChI=1S/C27H43N3O4/c1-10-14-20(17-18(2)25(33)34)30(9)24(32)22(26(3,4)5)29-23(31)21(28-8)27(6,7)19-15-12-11-13-16-19/h11-13,15-17,20-22,28H,10,14H2,1-9H3,(H,29,31)(H,33,34)/t20-,21?,22+/m0/s1. The number of amides is 2. The molecule has 3 atom stereocenters. The van der Waals surface area contributed by atoms with Crippen LogP contribution in [-0.2, 0) is 19.8 Å². The first-order chi connectivity index (χ1) is 15.7. The van der Waals surface area contributed by atoms with Gasteiger partial charge in [-0.15, -0.1) is 0 Å². The van der Waals surface area contributed by atoms with Gasteiger partial charge in [-0.2, -0.15) is 0 Å². The van der Waals surface area contributed by atoms with Crippen molar-refractivity contribution in [2.75, 3.05) is 14.1 Å². The van der Waals surface area contributed by atoms with Crippen LogP contribution in [0, 0.1) is 5.41 Å². The van der Waals surface area contributed by atoms with Crippen LogP contribution in [0.15, 0.2) is 42.0 Å². The van der Waals surface area contributed by atoms with Gasteiger partial charge < -0.3 is 20.6 Å². The monoisotopic (exact) mass is 473 g/mol. The Morgan fingerprint density at radius 1 is 1.06 bits per heavy atom. The van der Waals surface area contributed by atoms with Crippen molar-refractivity contribution < 1.29 is 19.5 Å². The first-order valence-electron chi connectivity index (χ1n) is 11.9. The number of hydrogen-bond donors (Lipinski definition) is 3. The molecule has 0 aromatic heterocycles. The van der Waals surface area contributed by atoms with Gasteiger partial charge in [0.2, 0.25) is 11.8 Å². The van der Waals surface area contributed by atoms with Crippen molar-refractivity contribution >= 4 is 17.8 Å². The molecule has 2 amide bonds. The predicted molar refractivity (Wildman–Crippen MR) is 137 cm³/mol. The molecule has 7 nitrogen and oxygen atoms in total. The lowest BCUT2D eigenvalue weighted by molar-refractivity contribution is -0.140. The summed E-state index contributed by atoms with van der Waals surface area (Å²) in [5, 5.41) is 15.4. The fourth-order valence-electron chi connectivity index (χ4n) is 4.14. The molecule has 0 saturated carbocycles. The van der Waals surface area contributed by atoms with Crippen molar-refractivity contribution in [2.24, 2.45) is 5.41 Å². The highest BCUT2D eigenvalue weighted by molar-refractivity contribution is 5.91. The van der Waals surface area contributed by atoms with Gasteiger partial charge in [0.05, 0.1) is 12.1 Å². The molecule has 1 aromatic rings. The van der Waals surface area contributed by atoms with Crippen LogP contribution in [0.3, 0.4) is 0 Å². The van der Waals surface area contributed by atoms with Crippen molar-refractivity contribution in [1.82, 2.24) is 15.5 Å². The lowest BCUT2D eigenvalue weighted by atomic mass is 9.76. The van der Waals surface area contributed by atoms with Crippen LogP contribution < -0.4 is 10.6 Å². The van der Waals surface area contributed by atoms with Gasteiger partial charge >= 0.3 is 5.97 Å². The molecule has 1 unspecified atom stereocenters. The molecule has 0 radical (unpaired) electrons. The summed E-state index contributed by atoms with van der Waals surface area (Å²) >= 11 is 0. The summed E-state index contributed by atoms with van der Waals surface area (Å²) in [7, 11) is 3.41. The number of carboxylic acid groups (broad SMARTS) is 1. The third-order valence-corrected chi connectivity index (χ3v) is 6.40. The van der Waals surface area contributed by atoms with E-state index >= 15 is 0 Å². The minimum Gasteiger partial charge on any atom is -0.478 e. The van der Waals surface area contributed by atoms with E-state index in [-0.39, 0.29) is 23.4 Å². The molecule has 0 bridgehead atoms. The Balaban J connectivity index is 3.26. The van der Waals surface area contributed by atoms with Gasteiger partial charge in [0.15, 0.2) is 0 Å². The second kappa shape index (κ2) is 12.2. The summed E-state index contributed by atoms with van der Waals surface area (Å²) in [6, 6.07) is 8.07. The van der Waals surface area contributed by atoms with Crippen molar-refractivity contribution in [1.29, 1.82) is 0 Å². The molecule has 0 saturated heterocycles. The minimum atomic E-state index is -1.01. The molecule has 190 valence electrons. The van der Waals surface area contributed by atoms with Crippen molar-refractivity contribution in [3.05, 3.63) is 47.5 Å². The SMILES string of the molecule is CCC[C@@H](C=C(C)C(=O)O)N(C)C(=O)[C@@H](NC(=O)C(NC)C(C)(C)c1ccccc1)C(C)(C)C. The van der Waals surface area contributed by atoms with E-state index in [9.17, 15) is 19.5 Å². The number of aliphatic carboxylic acids is 1. The largest absolute Gasteiger partial charge is 0.478 e. The highest BCUT2D eigenvalue weighted by Crippen LogP contribution is 2.28. The number of carboxylic acids is 1. The maximum atomic E-state index is 13.6. The van der Waals surface area contributed by atoms with E-state index in [1.807, 2.05) is 71.9 Å². The summed E-state index contributed by atoms with van der Waals surface area (Å²) in [5.41, 5.74) is 0.120. The first-order valence-corrected chi connectivity index (χ1v) is 11.9. The van der Waals surface area contributed by atoms with Crippen LogP contribution in [0.25, 0.3) is 0 Å². The van der Waals surface area contributed by atoms with Gasteiger partial charge in [-0.3, -0.25) is 9.59 Å². The van der Waals surface area contributed by atoms with Gasteiger partial charge in [-0.1, -0.05) is 84.4 Å². The zero-order valence-electron chi connectivity index (χ0n) is 22.2. The molecule has 0 aliphatic heterocycles. The molecule has 7 heteroatoms. The van der Waals surface area contributed by atoms with Crippen LogP contribution in [0.4, 0.5) is 0 Å². The van der Waals surface area contributed by atoms with Gasteiger partial charge in [-0.05, 0) is 31.4 Å². The molecular weight excluding hydrogens is 430 g/mol. The van der Waals surface area contributed by atoms with Crippen LogP contribution in [0.1, 0.15) is 66.9 Å². The normalized spacial score (nSPS) is 15.3. The number of hydrogen-bond acceptors (Lipinski definition) is 4. The lowest BCUT2D eigenvalue weighted by Gasteiger charge is -2.39. The van der Waals surface area contributed by atoms with Gasteiger partial charge in [0.25, 0.3) is 0 Å². The fraction of sp³-hybridized carbons (Fsp3) is 0.593. The predicted octanol–water partition coefficient (Wildman–Crippen LogP) is 3.74. The van der Waals surface area contributed by atoms with Gasteiger partial charge in [0, 0.05) is 18.0 Å². The smallest absolute Gasteiger partial charge is 0.331 e. The van der Waals surface area contributed by atoms with Crippen LogP contribution in [-0.4, -0.2) is 60.0 Å². The summed E-state index contributed by atoms with van der Waals surface area (Å²) in [5.74, 6) is -1.52. The number of likely N-dealkylation sites (N-methyl/N-ethyl adjacent to an activating group) is 2.